The number of rotatable bonds is 7. The van der Waals surface area contributed by atoms with Crippen molar-refractivity contribution in [3.8, 4) is 0 Å². The van der Waals surface area contributed by atoms with Gasteiger partial charge in [-0.1, -0.05) is 20.3 Å². The first-order chi connectivity index (χ1) is 6.63. The molecule has 4 nitrogen and oxygen atoms in total. The summed E-state index contributed by atoms with van der Waals surface area (Å²) in [5, 5.41) is 2.86. The molecule has 0 aromatic rings. The molecule has 0 heterocycles. The van der Waals surface area contributed by atoms with Crippen molar-refractivity contribution in [2.45, 2.75) is 32.8 Å². The van der Waals surface area contributed by atoms with Crippen LogP contribution in [0.2, 0.25) is 0 Å². The third kappa shape index (κ3) is 5.94. The van der Waals surface area contributed by atoms with Crippen molar-refractivity contribution in [3.05, 3.63) is 0 Å². The largest absolute Gasteiger partial charge is 0.380 e. The molecular weight excluding hydrogens is 180 g/mol. The summed E-state index contributed by atoms with van der Waals surface area (Å²) in [6.07, 6.45) is 1.26. The number of hydrogen-bond acceptors (Lipinski definition) is 3. The number of methoxy groups -OCH3 is 1. The topological polar surface area (TPSA) is 64.4 Å². The lowest BCUT2D eigenvalue weighted by atomic mass is 10.1. The Hall–Kier alpha value is -0.610. The van der Waals surface area contributed by atoms with Crippen LogP contribution in [0.5, 0.6) is 0 Å². The van der Waals surface area contributed by atoms with E-state index in [0.717, 1.165) is 13.0 Å². The average molecular weight is 202 g/mol. The molecule has 0 spiro atoms. The van der Waals surface area contributed by atoms with E-state index in [1.54, 1.807) is 7.11 Å². The fraction of sp³-hybridized carbons (Fsp3) is 0.900. The van der Waals surface area contributed by atoms with Gasteiger partial charge in [-0.2, -0.15) is 0 Å². The van der Waals surface area contributed by atoms with Crippen LogP contribution >= 0.6 is 0 Å². The molecule has 84 valence electrons. The van der Waals surface area contributed by atoms with E-state index in [2.05, 4.69) is 19.2 Å². The Morgan fingerprint density at radius 2 is 2.21 bits per heavy atom. The van der Waals surface area contributed by atoms with Gasteiger partial charge in [-0.15, -0.1) is 0 Å². The Morgan fingerprint density at radius 1 is 1.57 bits per heavy atom. The van der Waals surface area contributed by atoms with E-state index in [9.17, 15) is 4.79 Å². The molecule has 0 saturated heterocycles. The third-order valence-electron chi connectivity index (χ3n) is 2.35. The van der Waals surface area contributed by atoms with Crippen LogP contribution in [0.4, 0.5) is 0 Å². The van der Waals surface area contributed by atoms with E-state index in [4.69, 9.17) is 10.5 Å². The highest BCUT2D eigenvalue weighted by Gasteiger charge is 2.11. The number of carbonyl (C=O) groups excluding carboxylic acids is 1. The molecular formula is C10H22N2O2. The Kier molecular flexibility index (Phi) is 7.42. The van der Waals surface area contributed by atoms with Gasteiger partial charge in [0, 0.05) is 20.2 Å². The van der Waals surface area contributed by atoms with Crippen LogP contribution in [-0.4, -0.2) is 32.2 Å². The van der Waals surface area contributed by atoms with Gasteiger partial charge in [-0.3, -0.25) is 4.79 Å². The van der Waals surface area contributed by atoms with Crippen LogP contribution in [0.1, 0.15) is 26.7 Å². The molecule has 2 atom stereocenters. The van der Waals surface area contributed by atoms with Crippen molar-refractivity contribution in [2.75, 3.05) is 20.2 Å². The minimum absolute atomic E-state index is 0.0163. The number of nitrogens with two attached hydrogens (primary N) is 1. The summed E-state index contributed by atoms with van der Waals surface area (Å²) >= 11 is 0. The highest BCUT2D eigenvalue weighted by molar-refractivity contribution is 5.76. The van der Waals surface area contributed by atoms with Crippen LogP contribution < -0.4 is 11.1 Å². The van der Waals surface area contributed by atoms with Crippen LogP contribution in [0.3, 0.4) is 0 Å². The highest BCUT2D eigenvalue weighted by Crippen LogP contribution is 1.99. The minimum Gasteiger partial charge on any atom is -0.380 e. The van der Waals surface area contributed by atoms with E-state index in [0.29, 0.717) is 18.9 Å². The molecule has 4 heteroatoms. The lowest BCUT2D eigenvalue weighted by molar-refractivity contribution is -0.123. The van der Waals surface area contributed by atoms with Crippen molar-refractivity contribution in [3.63, 3.8) is 0 Å². The lowest BCUT2D eigenvalue weighted by Crippen LogP contribution is -2.34. The molecule has 0 aromatic carbocycles. The summed E-state index contributed by atoms with van der Waals surface area (Å²) in [4.78, 5) is 11.3. The Balaban J connectivity index is 3.64. The van der Waals surface area contributed by atoms with Gasteiger partial charge < -0.3 is 15.8 Å². The van der Waals surface area contributed by atoms with Crippen molar-refractivity contribution in [2.24, 2.45) is 11.7 Å². The van der Waals surface area contributed by atoms with Gasteiger partial charge in [0.05, 0.1) is 12.5 Å². The molecule has 14 heavy (non-hydrogen) atoms. The summed E-state index contributed by atoms with van der Waals surface area (Å²) < 4.78 is 5.02. The van der Waals surface area contributed by atoms with Gasteiger partial charge in [0.15, 0.2) is 0 Å². The van der Waals surface area contributed by atoms with E-state index in [1.807, 2.05) is 0 Å². The number of ether oxygens (including phenoxy) is 1. The number of hydrogen-bond donors (Lipinski definition) is 2. The molecule has 0 aromatic heterocycles. The Bertz CT molecular complexity index is 158. The van der Waals surface area contributed by atoms with Gasteiger partial charge in [0.1, 0.15) is 0 Å². The second-order valence-corrected chi connectivity index (χ2v) is 3.62. The number of carbonyl (C=O) groups is 1. The summed E-state index contributed by atoms with van der Waals surface area (Å²) in [6.45, 7) is 5.33. The maximum Gasteiger partial charge on any atom is 0.222 e. The maximum atomic E-state index is 11.3. The normalized spacial score (nSPS) is 14.9. The van der Waals surface area contributed by atoms with Crippen LogP contribution in [-0.2, 0) is 9.53 Å². The Morgan fingerprint density at radius 3 is 2.64 bits per heavy atom. The SMILES string of the molecule is CCC(C)CNC(=O)CC(CN)OC. The predicted molar refractivity (Wildman–Crippen MR) is 56.9 cm³/mol. The zero-order valence-electron chi connectivity index (χ0n) is 9.38. The first kappa shape index (κ1) is 13.4. The van der Waals surface area contributed by atoms with Crippen molar-refractivity contribution in [1.29, 1.82) is 0 Å². The standard InChI is InChI=1S/C10H22N2O2/c1-4-8(2)7-12-10(13)5-9(6-11)14-3/h8-9H,4-7,11H2,1-3H3,(H,12,13). The lowest BCUT2D eigenvalue weighted by Gasteiger charge is -2.14. The second-order valence-electron chi connectivity index (χ2n) is 3.62. The zero-order valence-corrected chi connectivity index (χ0v) is 9.38. The monoisotopic (exact) mass is 202 g/mol. The van der Waals surface area contributed by atoms with Gasteiger partial charge in [0.25, 0.3) is 0 Å². The molecule has 2 unspecified atom stereocenters. The van der Waals surface area contributed by atoms with Crippen molar-refractivity contribution in [1.82, 2.24) is 5.32 Å². The molecule has 0 saturated carbocycles. The Labute approximate surface area is 86.2 Å². The molecule has 3 N–H and O–H groups in total. The summed E-state index contributed by atoms with van der Waals surface area (Å²) in [5.41, 5.74) is 5.41. The molecule has 0 rings (SSSR count). The van der Waals surface area contributed by atoms with Gasteiger partial charge >= 0.3 is 0 Å². The molecule has 0 aliphatic carbocycles. The molecule has 0 radical (unpaired) electrons. The smallest absolute Gasteiger partial charge is 0.222 e. The van der Waals surface area contributed by atoms with E-state index < -0.39 is 0 Å². The second kappa shape index (κ2) is 7.76. The van der Waals surface area contributed by atoms with E-state index >= 15 is 0 Å². The van der Waals surface area contributed by atoms with Gasteiger partial charge in [-0.25, -0.2) is 0 Å². The first-order valence-electron chi connectivity index (χ1n) is 5.13. The van der Waals surface area contributed by atoms with Gasteiger partial charge in [0.2, 0.25) is 5.91 Å². The zero-order chi connectivity index (χ0) is 11.0. The molecule has 1 amide bonds. The van der Waals surface area contributed by atoms with Crippen molar-refractivity contribution < 1.29 is 9.53 Å². The number of amides is 1. The van der Waals surface area contributed by atoms with Crippen LogP contribution in [0, 0.1) is 5.92 Å². The van der Waals surface area contributed by atoms with E-state index in [-0.39, 0.29) is 12.0 Å². The van der Waals surface area contributed by atoms with Crippen molar-refractivity contribution >= 4 is 5.91 Å². The summed E-state index contributed by atoms with van der Waals surface area (Å²) in [7, 11) is 1.57. The van der Waals surface area contributed by atoms with Gasteiger partial charge in [-0.05, 0) is 5.92 Å². The molecule has 0 aliphatic heterocycles. The maximum absolute atomic E-state index is 11.3. The summed E-state index contributed by atoms with van der Waals surface area (Å²) in [6, 6.07) is 0. The fourth-order valence-electron chi connectivity index (χ4n) is 0.974. The third-order valence-corrected chi connectivity index (χ3v) is 2.35. The fourth-order valence-corrected chi connectivity index (χ4v) is 0.974. The molecule has 0 aliphatic rings. The first-order valence-corrected chi connectivity index (χ1v) is 5.13. The minimum atomic E-state index is -0.160. The van der Waals surface area contributed by atoms with Crippen LogP contribution in [0.15, 0.2) is 0 Å². The average Bonchev–Trinajstić information content (AvgIpc) is 2.22. The number of nitrogens with one attached hydrogen (secondary N) is 1. The highest BCUT2D eigenvalue weighted by atomic mass is 16.5. The van der Waals surface area contributed by atoms with Crippen LogP contribution in [0.25, 0.3) is 0 Å². The molecule has 0 bridgehead atoms. The molecule has 0 fully saturated rings. The quantitative estimate of drug-likeness (QED) is 0.632. The van der Waals surface area contributed by atoms with E-state index in [1.165, 1.54) is 0 Å². The predicted octanol–water partition coefficient (Wildman–Crippen LogP) is 0.513. The summed E-state index contributed by atoms with van der Waals surface area (Å²) in [5.74, 6) is 0.542.